The quantitative estimate of drug-likeness (QED) is 0.768. The van der Waals surface area contributed by atoms with Crippen molar-refractivity contribution in [3.63, 3.8) is 0 Å². The number of halogens is 2. The predicted molar refractivity (Wildman–Crippen MR) is 58.2 cm³/mol. The minimum atomic E-state index is -0.640. The molecule has 1 heterocycles. The second-order valence-corrected chi connectivity index (χ2v) is 3.36. The Kier molecular flexibility index (Phi) is 3.17. The Hall–Kier alpha value is -2.19. The zero-order chi connectivity index (χ0) is 12.3. The number of nitriles is 1. The van der Waals surface area contributed by atoms with E-state index in [9.17, 15) is 4.39 Å². The van der Waals surface area contributed by atoms with Gasteiger partial charge in [0.15, 0.2) is 11.6 Å². The van der Waals surface area contributed by atoms with Gasteiger partial charge in [-0.15, -0.1) is 0 Å². The highest BCUT2D eigenvalue weighted by Crippen LogP contribution is 2.23. The lowest BCUT2D eigenvalue weighted by Gasteiger charge is -2.05. The molecular weight excluding hydrogens is 245 g/mol. The minimum Gasteiger partial charge on any atom is -0.436 e. The highest BCUT2D eigenvalue weighted by atomic mass is 35.5. The molecule has 0 aliphatic heterocycles. The van der Waals surface area contributed by atoms with Gasteiger partial charge in [0.25, 0.3) is 0 Å². The zero-order valence-electron chi connectivity index (χ0n) is 8.39. The first-order valence-corrected chi connectivity index (χ1v) is 4.93. The molecule has 0 fully saturated rings. The molecule has 4 nitrogen and oxygen atoms in total. The molecule has 1 aromatic carbocycles. The van der Waals surface area contributed by atoms with E-state index in [4.69, 9.17) is 21.6 Å². The maximum Gasteiger partial charge on any atom is 0.225 e. The summed E-state index contributed by atoms with van der Waals surface area (Å²) in [5.41, 5.74) is 0.218. The molecule has 0 atom stereocenters. The number of nitrogens with zero attached hydrogens (tertiary/aromatic N) is 3. The minimum absolute atomic E-state index is 0.0107. The summed E-state index contributed by atoms with van der Waals surface area (Å²) in [6.07, 6.45) is 1.40. The molecule has 2 aromatic rings. The van der Waals surface area contributed by atoms with E-state index in [0.717, 1.165) is 6.07 Å². The van der Waals surface area contributed by atoms with Crippen LogP contribution < -0.4 is 4.74 Å². The number of ether oxygens (including phenoxy) is 1. The van der Waals surface area contributed by atoms with Crippen LogP contribution in [-0.4, -0.2) is 9.97 Å². The van der Waals surface area contributed by atoms with Crippen molar-refractivity contribution in [3.8, 4) is 17.7 Å². The molecule has 0 saturated carbocycles. The Morgan fingerprint density at radius 1 is 1.35 bits per heavy atom. The average molecular weight is 250 g/mol. The van der Waals surface area contributed by atoms with Gasteiger partial charge in [0, 0.05) is 12.3 Å². The van der Waals surface area contributed by atoms with Gasteiger partial charge in [0.05, 0.1) is 11.6 Å². The molecule has 0 bridgehead atoms. The van der Waals surface area contributed by atoms with E-state index in [1.165, 1.54) is 24.4 Å². The van der Waals surface area contributed by atoms with Gasteiger partial charge in [-0.2, -0.15) is 10.2 Å². The van der Waals surface area contributed by atoms with Crippen LogP contribution in [-0.2, 0) is 0 Å². The molecule has 2 rings (SSSR count). The Labute approximate surface area is 101 Å². The van der Waals surface area contributed by atoms with Gasteiger partial charge >= 0.3 is 0 Å². The van der Waals surface area contributed by atoms with Crippen molar-refractivity contribution < 1.29 is 9.13 Å². The monoisotopic (exact) mass is 249 g/mol. The first-order valence-electron chi connectivity index (χ1n) is 4.55. The standard InChI is InChI=1S/C11H5ClFN3O/c12-11-15-4-3-10(16-11)17-9-2-1-7(6-14)5-8(9)13/h1-5H. The van der Waals surface area contributed by atoms with Crippen LogP contribution in [0.25, 0.3) is 0 Å². The summed E-state index contributed by atoms with van der Waals surface area (Å²) in [5, 5.41) is 8.59. The molecule has 17 heavy (non-hydrogen) atoms. The third kappa shape index (κ3) is 2.68. The molecule has 0 N–H and O–H groups in total. The van der Waals surface area contributed by atoms with Crippen molar-refractivity contribution in [1.82, 2.24) is 9.97 Å². The number of aromatic nitrogens is 2. The van der Waals surface area contributed by atoms with Crippen LogP contribution in [0.1, 0.15) is 5.56 Å². The zero-order valence-corrected chi connectivity index (χ0v) is 9.15. The molecule has 6 heteroatoms. The Bertz CT molecular complexity index is 598. The summed E-state index contributed by atoms with van der Waals surface area (Å²) in [6.45, 7) is 0. The molecule has 0 aliphatic carbocycles. The summed E-state index contributed by atoms with van der Waals surface area (Å²) in [4.78, 5) is 7.42. The number of hydrogen-bond acceptors (Lipinski definition) is 4. The average Bonchev–Trinajstić information content (AvgIpc) is 2.32. The predicted octanol–water partition coefficient (Wildman–Crippen LogP) is 2.93. The van der Waals surface area contributed by atoms with Crippen LogP contribution in [0.5, 0.6) is 11.6 Å². The van der Waals surface area contributed by atoms with Crippen LogP contribution in [0.4, 0.5) is 4.39 Å². The molecule has 0 aliphatic rings. The molecule has 0 unspecified atom stereocenters. The molecule has 0 amide bonds. The van der Waals surface area contributed by atoms with Gasteiger partial charge in [0.2, 0.25) is 11.2 Å². The fourth-order valence-electron chi connectivity index (χ4n) is 1.14. The largest absolute Gasteiger partial charge is 0.436 e. The number of hydrogen-bond donors (Lipinski definition) is 0. The third-order valence-corrected chi connectivity index (χ3v) is 2.06. The summed E-state index contributed by atoms with van der Waals surface area (Å²) < 4.78 is 18.6. The lowest BCUT2D eigenvalue weighted by Crippen LogP contribution is -1.92. The second kappa shape index (κ2) is 4.76. The van der Waals surface area contributed by atoms with Gasteiger partial charge in [-0.3, -0.25) is 0 Å². The van der Waals surface area contributed by atoms with Crippen molar-refractivity contribution in [2.45, 2.75) is 0 Å². The van der Waals surface area contributed by atoms with E-state index in [2.05, 4.69) is 9.97 Å². The molecule has 0 radical (unpaired) electrons. The van der Waals surface area contributed by atoms with E-state index in [1.807, 2.05) is 6.07 Å². The smallest absolute Gasteiger partial charge is 0.225 e. The summed E-state index contributed by atoms with van der Waals surface area (Å²) in [6, 6.07) is 7.15. The van der Waals surface area contributed by atoms with Crippen molar-refractivity contribution in [1.29, 1.82) is 5.26 Å². The maximum absolute atomic E-state index is 13.5. The summed E-state index contributed by atoms with van der Waals surface area (Å²) in [5.74, 6) is -0.536. The van der Waals surface area contributed by atoms with Gasteiger partial charge < -0.3 is 4.74 Å². The summed E-state index contributed by atoms with van der Waals surface area (Å²) in [7, 11) is 0. The highest BCUT2D eigenvalue weighted by molar-refractivity contribution is 6.28. The van der Waals surface area contributed by atoms with Crippen LogP contribution in [0.3, 0.4) is 0 Å². The summed E-state index contributed by atoms with van der Waals surface area (Å²) >= 11 is 5.56. The van der Waals surface area contributed by atoms with Crippen LogP contribution >= 0.6 is 11.6 Å². The van der Waals surface area contributed by atoms with Crippen molar-refractivity contribution in [3.05, 3.63) is 47.1 Å². The Morgan fingerprint density at radius 2 is 2.18 bits per heavy atom. The molecule has 0 spiro atoms. The lowest BCUT2D eigenvalue weighted by atomic mass is 10.2. The van der Waals surface area contributed by atoms with Gasteiger partial charge in [-0.05, 0) is 29.8 Å². The maximum atomic E-state index is 13.5. The van der Waals surface area contributed by atoms with Crippen molar-refractivity contribution >= 4 is 11.6 Å². The lowest BCUT2D eigenvalue weighted by molar-refractivity contribution is 0.426. The Balaban J connectivity index is 2.28. The second-order valence-electron chi connectivity index (χ2n) is 3.02. The van der Waals surface area contributed by atoms with Crippen LogP contribution in [0.15, 0.2) is 30.5 Å². The first-order chi connectivity index (χ1) is 8.19. The molecular formula is C11H5ClFN3O. The fourth-order valence-corrected chi connectivity index (χ4v) is 1.28. The number of benzene rings is 1. The van der Waals surface area contributed by atoms with E-state index in [0.29, 0.717) is 0 Å². The van der Waals surface area contributed by atoms with E-state index >= 15 is 0 Å². The van der Waals surface area contributed by atoms with E-state index in [1.54, 1.807) is 0 Å². The van der Waals surface area contributed by atoms with Gasteiger partial charge in [-0.1, -0.05) is 0 Å². The Morgan fingerprint density at radius 3 is 2.82 bits per heavy atom. The molecule has 1 aromatic heterocycles. The van der Waals surface area contributed by atoms with Gasteiger partial charge in [-0.25, -0.2) is 9.37 Å². The molecule has 84 valence electrons. The fraction of sp³-hybridized carbons (Fsp3) is 0. The van der Waals surface area contributed by atoms with Crippen molar-refractivity contribution in [2.24, 2.45) is 0 Å². The van der Waals surface area contributed by atoms with Crippen molar-refractivity contribution in [2.75, 3.05) is 0 Å². The third-order valence-electron chi connectivity index (χ3n) is 1.88. The van der Waals surface area contributed by atoms with Gasteiger partial charge in [0.1, 0.15) is 0 Å². The topological polar surface area (TPSA) is 58.8 Å². The van der Waals surface area contributed by atoms with Crippen LogP contribution in [0, 0.1) is 17.1 Å². The molecule has 0 saturated heterocycles. The normalized spacial score (nSPS) is 9.71. The van der Waals surface area contributed by atoms with E-state index in [-0.39, 0.29) is 22.5 Å². The highest BCUT2D eigenvalue weighted by Gasteiger charge is 2.07. The van der Waals surface area contributed by atoms with Crippen LogP contribution in [0.2, 0.25) is 5.28 Å². The SMILES string of the molecule is N#Cc1ccc(Oc2ccnc(Cl)n2)c(F)c1. The number of rotatable bonds is 2. The first kappa shape index (κ1) is 11.3. The van der Waals surface area contributed by atoms with E-state index < -0.39 is 5.82 Å².